The van der Waals surface area contributed by atoms with Crippen molar-refractivity contribution in [2.45, 2.75) is 39.2 Å². The van der Waals surface area contributed by atoms with Gasteiger partial charge in [-0.3, -0.25) is 14.5 Å². The van der Waals surface area contributed by atoms with E-state index in [0.717, 1.165) is 12.0 Å². The van der Waals surface area contributed by atoms with Gasteiger partial charge in [0.1, 0.15) is 5.75 Å². The Kier molecular flexibility index (Phi) is 7.46. The number of hydrogen-bond acceptors (Lipinski definition) is 4. The fourth-order valence-electron chi connectivity index (χ4n) is 3.83. The maximum Gasteiger partial charge on any atom is 0.234 e. The van der Waals surface area contributed by atoms with Crippen molar-refractivity contribution in [3.05, 3.63) is 59.7 Å². The van der Waals surface area contributed by atoms with E-state index in [1.54, 1.807) is 24.3 Å². The Bertz CT molecular complexity index is 858. The highest BCUT2D eigenvalue weighted by molar-refractivity contribution is 5.93. The largest absolute Gasteiger partial charge is 0.506 e. The number of anilines is 1. The van der Waals surface area contributed by atoms with E-state index in [4.69, 9.17) is 0 Å². The number of piperidine rings is 1. The molecule has 160 valence electrons. The van der Waals surface area contributed by atoms with Crippen molar-refractivity contribution in [3.8, 4) is 5.75 Å². The lowest BCUT2D eigenvalue weighted by atomic mass is 9.95. The van der Waals surface area contributed by atoms with E-state index >= 15 is 0 Å². The zero-order valence-corrected chi connectivity index (χ0v) is 17.7. The smallest absolute Gasteiger partial charge is 0.234 e. The van der Waals surface area contributed by atoms with Gasteiger partial charge < -0.3 is 15.7 Å². The van der Waals surface area contributed by atoms with Crippen LogP contribution in [0.5, 0.6) is 5.75 Å². The van der Waals surface area contributed by atoms with Gasteiger partial charge in [0.2, 0.25) is 11.8 Å². The number of benzene rings is 2. The molecule has 3 N–H and O–H groups in total. The van der Waals surface area contributed by atoms with Crippen molar-refractivity contribution in [2.75, 3.05) is 25.0 Å². The summed E-state index contributed by atoms with van der Waals surface area (Å²) in [6.07, 6.45) is 2.23. The number of likely N-dealkylation sites (tertiary alicyclic amines) is 1. The first-order valence-corrected chi connectivity index (χ1v) is 10.6. The summed E-state index contributed by atoms with van der Waals surface area (Å²) in [4.78, 5) is 27.1. The van der Waals surface area contributed by atoms with E-state index in [9.17, 15) is 14.7 Å². The number of aryl methyl sites for hydroxylation is 1. The fourth-order valence-corrected chi connectivity index (χ4v) is 3.83. The molecule has 30 heavy (non-hydrogen) atoms. The number of phenolic OH excluding ortho intramolecular Hbond substituents is 1. The van der Waals surface area contributed by atoms with Crippen LogP contribution in [0.15, 0.2) is 48.5 Å². The number of hydrogen-bond donors (Lipinski definition) is 3. The van der Waals surface area contributed by atoms with Gasteiger partial charge in [-0.15, -0.1) is 0 Å². The molecule has 1 heterocycles. The predicted molar refractivity (Wildman–Crippen MR) is 118 cm³/mol. The van der Waals surface area contributed by atoms with Crippen molar-refractivity contribution in [1.82, 2.24) is 10.2 Å². The minimum atomic E-state index is -0.111. The molecule has 1 saturated heterocycles. The Morgan fingerprint density at radius 2 is 1.77 bits per heavy atom. The highest BCUT2D eigenvalue weighted by Crippen LogP contribution is 2.25. The first-order chi connectivity index (χ1) is 14.5. The van der Waals surface area contributed by atoms with Gasteiger partial charge in [0.15, 0.2) is 0 Å². The minimum Gasteiger partial charge on any atom is -0.506 e. The first-order valence-electron chi connectivity index (χ1n) is 10.6. The lowest BCUT2D eigenvalue weighted by molar-refractivity contribution is -0.124. The quantitative estimate of drug-likeness (QED) is 0.610. The van der Waals surface area contributed by atoms with Crippen molar-refractivity contribution < 1.29 is 14.7 Å². The number of phenols is 1. The number of carbonyl (C=O) groups is 2. The van der Waals surface area contributed by atoms with Crippen molar-refractivity contribution in [1.29, 1.82) is 0 Å². The van der Waals surface area contributed by atoms with Crippen molar-refractivity contribution in [2.24, 2.45) is 5.92 Å². The Labute approximate surface area is 178 Å². The van der Waals surface area contributed by atoms with Gasteiger partial charge in [-0.2, -0.15) is 0 Å². The van der Waals surface area contributed by atoms with Crippen LogP contribution < -0.4 is 10.6 Å². The molecule has 1 fully saturated rings. The molecule has 0 unspecified atom stereocenters. The van der Waals surface area contributed by atoms with Crippen LogP contribution in [-0.4, -0.2) is 41.5 Å². The molecule has 6 heteroatoms. The minimum absolute atomic E-state index is 0.0135. The van der Waals surface area contributed by atoms with Crippen LogP contribution in [0.2, 0.25) is 0 Å². The van der Waals surface area contributed by atoms with E-state index in [0.29, 0.717) is 38.2 Å². The summed E-state index contributed by atoms with van der Waals surface area (Å²) in [5.74, 6) is -0.107. The summed E-state index contributed by atoms with van der Waals surface area (Å²) in [6.45, 7) is 5.87. The molecule has 1 aliphatic heterocycles. The number of rotatable bonds is 7. The lowest BCUT2D eigenvalue weighted by Gasteiger charge is -2.31. The van der Waals surface area contributed by atoms with Crippen molar-refractivity contribution >= 4 is 17.5 Å². The highest BCUT2D eigenvalue weighted by atomic mass is 16.3. The topological polar surface area (TPSA) is 81.7 Å². The summed E-state index contributed by atoms with van der Waals surface area (Å²) < 4.78 is 0. The number of amides is 2. The van der Waals surface area contributed by atoms with Crippen LogP contribution in [0.4, 0.5) is 5.69 Å². The third-order valence-corrected chi connectivity index (χ3v) is 5.71. The van der Waals surface area contributed by atoms with Gasteiger partial charge in [0.25, 0.3) is 0 Å². The molecule has 6 nitrogen and oxygen atoms in total. The second-order valence-corrected chi connectivity index (χ2v) is 8.00. The number of nitrogens with one attached hydrogen (secondary N) is 2. The molecule has 3 rings (SSSR count). The van der Waals surface area contributed by atoms with Gasteiger partial charge in [-0.25, -0.2) is 0 Å². The zero-order valence-electron chi connectivity index (χ0n) is 17.7. The molecule has 1 aliphatic rings. The average Bonchev–Trinajstić information content (AvgIpc) is 2.75. The Morgan fingerprint density at radius 1 is 1.10 bits per heavy atom. The molecule has 0 aliphatic carbocycles. The number of carbonyl (C=O) groups excluding carboxylic acids is 2. The molecule has 0 saturated carbocycles. The summed E-state index contributed by atoms with van der Waals surface area (Å²) in [5, 5.41) is 15.8. The molecule has 2 aromatic carbocycles. The number of aromatic hydroxyl groups is 1. The Balaban J connectivity index is 1.45. The zero-order chi connectivity index (χ0) is 21.5. The Morgan fingerprint density at radius 3 is 2.40 bits per heavy atom. The maximum atomic E-state index is 12.6. The van der Waals surface area contributed by atoms with Crippen LogP contribution in [-0.2, 0) is 9.59 Å². The van der Waals surface area contributed by atoms with E-state index in [-0.39, 0.29) is 29.5 Å². The molecule has 1 atom stereocenters. The van der Waals surface area contributed by atoms with Crippen LogP contribution in [0, 0.1) is 12.8 Å². The van der Waals surface area contributed by atoms with E-state index in [1.165, 1.54) is 5.56 Å². The van der Waals surface area contributed by atoms with E-state index < -0.39 is 0 Å². The van der Waals surface area contributed by atoms with Gasteiger partial charge >= 0.3 is 0 Å². The summed E-state index contributed by atoms with van der Waals surface area (Å²) in [5.41, 5.74) is 2.76. The second kappa shape index (κ2) is 10.3. The normalized spacial score (nSPS) is 16.1. The predicted octanol–water partition coefficient (Wildman–Crippen LogP) is 3.62. The van der Waals surface area contributed by atoms with Gasteiger partial charge in [-0.1, -0.05) is 48.9 Å². The molecule has 0 spiro atoms. The summed E-state index contributed by atoms with van der Waals surface area (Å²) in [7, 11) is 0. The molecule has 0 radical (unpaired) electrons. The third-order valence-electron chi connectivity index (χ3n) is 5.71. The SMILES string of the molecule is CC[C@@H](NC(=O)CN1CCC(C(=O)Nc2ccccc2O)CC1)c1ccc(C)cc1. The fraction of sp³-hybridized carbons (Fsp3) is 0.417. The van der Waals surface area contributed by atoms with Crippen molar-refractivity contribution in [3.63, 3.8) is 0 Å². The lowest BCUT2D eigenvalue weighted by Crippen LogP contribution is -2.44. The average molecular weight is 410 g/mol. The van der Waals surface area contributed by atoms with Crippen LogP contribution in [0.25, 0.3) is 0 Å². The van der Waals surface area contributed by atoms with E-state index in [1.807, 2.05) is 0 Å². The van der Waals surface area contributed by atoms with Gasteiger partial charge in [0, 0.05) is 5.92 Å². The number of nitrogens with zero attached hydrogens (tertiary/aromatic N) is 1. The Hall–Kier alpha value is -2.86. The second-order valence-electron chi connectivity index (χ2n) is 8.00. The molecule has 0 bridgehead atoms. The maximum absolute atomic E-state index is 12.6. The third kappa shape index (κ3) is 5.83. The summed E-state index contributed by atoms with van der Waals surface area (Å²) >= 11 is 0. The molecule has 0 aromatic heterocycles. The number of para-hydroxylation sites is 2. The molecule has 2 amide bonds. The van der Waals surface area contributed by atoms with Gasteiger partial charge in [0.05, 0.1) is 18.3 Å². The summed E-state index contributed by atoms with van der Waals surface area (Å²) in [6, 6.07) is 15.0. The van der Waals surface area contributed by atoms with Crippen LogP contribution >= 0.6 is 0 Å². The van der Waals surface area contributed by atoms with E-state index in [2.05, 4.69) is 53.6 Å². The monoisotopic (exact) mass is 409 g/mol. The van der Waals surface area contributed by atoms with Gasteiger partial charge in [-0.05, 0) is 57.0 Å². The molecular formula is C24H31N3O3. The molecule has 2 aromatic rings. The van der Waals surface area contributed by atoms with Crippen LogP contribution in [0.1, 0.15) is 43.4 Å². The highest BCUT2D eigenvalue weighted by Gasteiger charge is 2.26. The van der Waals surface area contributed by atoms with Crippen LogP contribution in [0.3, 0.4) is 0 Å². The first kappa shape index (κ1) is 21.8. The standard InChI is InChI=1S/C24H31N3O3/c1-3-20(18-10-8-17(2)9-11-18)25-23(29)16-27-14-12-19(13-15-27)24(30)26-21-6-4-5-7-22(21)28/h4-11,19-20,28H,3,12-16H2,1-2H3,(H,25,29)(H,26,30)/t20-/m1/s1. The molecular weight excluding hydrogens is 378 g/mol.